The summed E-state index contributed by atoms with van der Waals surface area (Å²) >= 11 is 5.44. The Kier molecular flexibility index (Phi) is 24.0. The second kappa shape index (κ2) is 26.7. The molecule has 0 aliphatic carbocycles. The van der Waals surface area contributed by atoms with Crippen LogP contribution < -0.4 is 10.5 Å². The van der Waals surface area contributed by atoms with Crippen LogP contribution in [0.3, 0.4) is 0 Å². The molecule has 2 aliphatic heterocycles. The minimum atomic E-state index is -1.06. The number of carbonyl (C=O) groups excluding carboxylic acids is 2. The molecule has 2 fully saturated rings. The lowest BCUT2D eigenvalue weighted by molar-refractivity contribution is -0.143. The lowest BCUT2D eigenvalue weighted by Gasteiger charge is -2.31. The summed E-state index contributed by atoms with van der Waals surface area (Å²) < 4.78 is 8.13. The van der Waals surface area contributed by atoms with Crippen molar-refractivity contribution in [3.63, 3.8) is 0 Å². The third-order valence-electron chi connectivity index (χ3n) is 7.84. The van der Waals surface area contributed by atoms with Gasteiger partial charge in [0.05, 0.1) is 6.42 Å². The summed E-state index contributed by atoms with van der Waals surface area (Å²) in [6, 6.07) is 18.4. The Balaban J connectivity index is 0.000000392. The summed E-state index contributed by atoms with van der Waals surface area (Å²) in [7, 11) is 1.75. The molecule has 49 heavy (non-hydrogen) atoms. The zero-order chi connectivity index (χ0) is 36.4. The molecule has 2 aliphatic rings. The van der Waals surface area contributed by atoms with Gasteiger partial charge in [-0.1, -0.05) is 86.5 Å². The number of piperidine rings is 1. The number of aliphatic carboxylic acids is 2. The largest absolute Gasteiger partial charge is 0.480 e. The van der Waals surface area contributed by atoms with Gasteiger partial charge in [0.15, 0.2) is 0 Å². The number of ether oxygens (including phenoxy) is 1. The van der Waals surface area contributed by atoms with Crippen LogP contribution in [0.25, 0.3) is 0 Å². The summed E-state index contributed by atoms with van der Waals surface area (Å²) in [6.07, 6.45) is 5.23. The minimum Gasteiger partial charge on any atom is -0.480 e. The van der Waals surface area contributed by atoms with Gasteiger partial charge in [-0.25, -0.2) is 4.72 Å². The smallest absolute Gasteiger partial charge is 0.322 e. The highest BCUT2D eigenvalue weighted by Crippen LogP contribution is 2.15. The van der Waals surface area contributed by atoms with Gasteiger partial charge >= 0.3 is 11.9 Å². The first-order valence-corrected chi connectivity index (χ1v) is 18.6. The highest BCUT2D eigenvalue weighted by molar-refractivity contribution is 7.96. The molecule has 13 heteroatoms. The number of hydrogen-bond donors (Lipinski definition) is 5. The number of carboxylic acids is 2. The minimum absolute atomic E-state index is 0.0110. The van der Waals surface area contributed by atoms with Crippen molar-refractivity contribution in [2.45, 2.75) is 94.8 Å². The zero-order valence-electron chi connectivity index (χ0n) is 29.2. The Bertz CT molecular complexity index is 1200. The molecule has 0 radical (unpaired) electrons. The van der Waals surface area contributed by atoms with Crippen LogP contribution in [0.1, 0.15) is 76.3 Å². The molecule has 274 valence electrons. The van der Waals surface area contributed by atoms with Crippen LogP contribution in [0.4, 0.5) is 0 Å². The van der Waals surface area contributed by atoms with Crippen molar-refractivity contribution in [1.29, 1.82) is 0 Å². The summed E-state index contributed by atoms with van der Waals surface area (Å²) in [6.45, 7) is 6.86. The molecule has 0 spiro atoms. The fourth-order valence-corrected chi connectivity index (χ4v) is 5.90. The second-order valence-corrected chi connectivity index (χ2v) is 12.5. The first-order chi connectivity index (χ1) is 23.6. The van der Waals surface area contributed by atoms with Crippen LogP contribution in [-0.2, 0) is 35.4 Å². The lowest BCUT2D eigenvalue weighted by Crippen LogP contribution is -2.42. The standard InChI is InChI=1S/C16H22N2O3S.C11H20N2O4.C7H8S.C2H6/c19-15(18-9-5-2-6-10-18)11-14(16(20)21)17-22-12-13-7-3-1-4-8-13;1-13(8-4-6-17-7-5-8)10(14)3-2-9(12)11(15)16;8-6-7-4-2-1-3-5-7;1-2/h1,3-4,7-8,14,17H,2,5-6,9-12H2,(H,20,21);8-9H,2-7,12H2,1H3,(H,15,16);1-5,8H,6H2;1-2H3. The number of nitrogens with two attached hydrogens (primary N) is 1. The Labute approximate surface area is 301 Å². The Morgan fingerprint density at radius 1 is 0.939 bits per heavy atom. The van der Waals surface area contributed by atoms with E-state index in [9.17, 15) is 24.3 Å². The van der Waals surface area contributed by atoms with Crippen LogP contribution in [0.2, 0.25) is 0 Å². The van der Waals surface area contributed by atoms with E-state index in [2.05, 4.69) is 29.5 Å². The van der Waals surface area contributed by atoms with E-state index in [1.165, 1.54) is 17.5 Å². The number of nitrogens with one attached hydrogen (secondary N) is 1. The molecule has 2 amide bonds. The van der Waals surface area contributed by atoms with Crippen LogP contribution in [0.5, 0.6) is 0 Å². The van der Waals surface area contributed by atoms with Crippen molar-refractivity contribution in [2.75, 3.05) is 33.4 Å². The van der Waals surface area contributed by atoms with E-state index >= 15 is 0 Å². The summed E-state index contributed by atoms with van der Waals surface area (Å²) in [5.74, 6) is -0.658. The summed E-state index contributed by atoms with van der Waals surface area (Å²) in [4.78, 5) is 49.3. The fourth-order valence-electron chi connectivity index (χ4n) is 4.86. The van der Waals surface area contributed by atoms with Crippen LogP contribution in [0, 0.1) is 0 Å². The first-order valence-electron chi connectivity index (χ1n) is 17.0. The number of thiol groups is 1. The SMILES string of the molecule is CC.CN(C(=O)CCC(N)C(=O)O)C1CCOCC1.O=C(O)C(CC(=O)N1CCCCC1)NSCc1ccccc1.SCc1ccccc1. The monoisotopic (exact) mass is 720 g/mol. The predicted molar refractivity (Wildman–Crippen MR) is 199 cm³/mol. The van der Waals surface area contributed by atoms with E-state index in [0.29, 0.717) is 19.0 Å². The average Bonchev–Trinajstić information content (AvgIpc) is 3.15. The van der Waals surface area contributed by atoms with Crippen LogP contribution >= 0.6 is 24.6 Å². The van der Waals surface area contributed by atoms with Gasteiger partial charge in [0, 0.05) is 57.3 Å². The molecule has 4 rings (SSSR count). The maximum absolute atomic E-state index is 12.2. The van der Waals surface area contributed by atoms with Crippen molar-refractivity contribution in [3.8, 4) is 0 Å². The number of benzene rings is 2. The summed E-state index contributed by atoms with van der Waals surface area (Å²) in [5.41, 5.74) is 7.74. The quantitative estimate of drug-likeness (QED) is 0.137. The zero-order valence-corrected chi connectivity index (χ0v) is 30.9. The Morgan fingerprint density at radius 2 is 1.49 bits per heavy atom. The van der Waals surface area contributed by atoms with E-state index in [1.54, 1.807) is 16.8 Å². The molecule has 0 aromatic heterocycles. The molecule has 2 saturated heterocycles. The number of amides is 2. The van der Waals surface area contributed by atoms with Crippen molar-refractivity contribution >= 4 is 48.3 Å². The van der Waals surface area contributed by atoms with Gasteiger partial charge < -0.3 is 30.5 Å². The molecule has 5 N–H and O–H groups in total. The van der Waals surface area contributed by atoms with E-state index in [-0.39, 0.29) is 37.1 Å². The molecule has 11 nitrogen and oxygen atoms in total. The number of nitrogens with zero attached hydrogens (tertiary/aromatic N) is 2. The van der Waals surface area contributed by atoms with Crippen LogP contribution in [0.15, 0.2) is 60.7 Å². The maximum atomic E-state index is 12.2. The predicted octanol–water partition coefficient (Wildman–Crippen LogP) is 5.24. The van der Waals surface area contributed by atoms with E-state index in [1.807, 2.05) is 62.4 Å². The number of carbonyl (C=O) groups is 4. The van der Waals surface area contributed by atoms with E-state index < -0.39 is 24.0 Å². The second-order valence-electron chi connectivity index (χ2n) is 11.4. The number of likely N-dealkylation sites (tertiary alicyclic amines) is 1. The molecular formula is C36H56N4O7S2. The average molecular weight is 721 g/mol. The van der Waals surface area contributed by atoms with Gasteiger partial charge in [0.1, 0.15) is 12.1 Å². The van der Waals surface area contributed by atoms with E-state index in [4.69, 9.17) is 15.6 Å². The van der Waals surface area contributed by atoms with Crippen molar-refractivity contribution < 1.29 is 34.1 Å². The van der Waals surface area contributed by atoms with Crippen LogP contribution in [-0.4, -0.2) is 95.2 Å². The third-order valence-corrected chi connectivity index (χ3v) is 9.13. The molecule has 2 aromatic carbocycles. The lowest BCUT2D eigenvalue weighted by atomic mass is 10.1. The maximum Gasteiger partial charge on any atom is 0.322 e. The highest BCUT2D eigenvalue weighted by atomic mass is 32.2. The number of carboxylic acid groups (broad SMARTS) is 2. The van der Waals surface area contributed by atoms with Crippen molar-refractivity contribution in [2.24, 2.45) is 5.73 Å². The number of rotatable bonds is 13. The normalized spacial score (nSPS) is 15.4. The molecule has 2 aromatic rings. The first kappa shape index (κ1) is 43.9. The van der Waals surface area contributed by atoms with Gasteiger partial charge in [0.25, 0.3) is 0 Å². The van der Waals surface area contributed by atoms with Gasteiger partial charge in [-0.3, -0.25) is 19.2 Å². The van der Waals surface area contributed by atoms with E-state index in [0.717, 1.165) is 56.5 Å². The third kappa shape index (κ3) is 19.0. The molecule has 0 bridgehead atoms. The topological polar surface area (TPSA) is 162 Å². The van der Waals surface area contributed by atoms with Gasteiger partial charge in [-0.05, 0) is 49.7 Å². The molecular weight excluding hydrogens is 665 g/mol. The molecule has 2 heterocycles. The van der Waals surface area contributed by atoms with Gasteiger partial charge in [-0.2, -0.15) is 12.6 Å². The molecule has 2 atom stereocenters. The van der Waals surface area contributed by atoms with Crippen molar-refractivity contribution in [1.82, 2.24) is 14.5 Å². The molecule has 0 saturated carbocycles. The highest BCUT2D eigenvalue weighted by Gasteiger charge is 2.25. The molecule has 2 unspecified atom stereocenters. The van der Waals surface area contributed by atoms with Gasteiger partial charge in [0.2, 0.25) is 11.8 Å². The Hall–Kier alpha value is -3.10. The Morgan fingerprint density at radius 3 is 1.98 bits per heavy atom. The fraction of sp³-hybridized carbons (Fsp3) is 0.556. The van der Waals surface area contributed by atoms with Crippen molar-refractivity contribution in [3.05, 3.63) is 71.8 Å². The summed E-state index contributed by atoms with van der Waals surface area (Å²) in [5, 5.41) is 17.9. The van der Waals surface area contributed by atoms with Gasteiger partial charge in [-0.15, -0.1) is 0 Å². The number of hydrogen-bond acceptors (Lipinski definition) is 9.